The number of aliphatic carboxylic acids is 1. The predicted octanol–water partition coefficient (Wildman–Crippen LogP) is 3.62. The van der Waals surface area contributed by atoms with Crippen molar-refractivity contribution >= 4 is 40.0 Å². The fourth-order valence-corrected chi connectivity index (χ4v) is 4.12. The smallest absolute Gasteiger partial charge is 0.308 e. The summed E-state index contributed by atoms with van der Waals surface area (Å²) in [5.74, 6) is -0.810. The summed E-state index contributed by atoms with van der Waals surface area (Å²) in [7, 11) is 0. The molecule has 0 saturated carbocycles. The van der Waals surface area contributed by atoms with E-state index in [2.05, 4.69) is 9.97 Å². The molecule has 0 amide bonds. The standard InChI is InChI=1S/C12H8N2O2S3/c15-10(16)5-7-1-2-9(19-7)8-6-18-12(14-8)11-13-3-4-17-11/h1-4,6H,5H2,(H,15,16). The van der Waals surface area contributed by atoms with Crippen LogP contribution in [0.25, 0.3) is 20.6 Å². The van der Waals surface area contributed by atoms with Gasteiger partial charge in [0.15, 0.2) is 10.0 Å². The molecule has 0 radical (unpaired) electrons. The minimum Gasteiger partial charge on any atom is -0.481 e. The number of carboxylic acids is 1. The van der Waals surface area contributed by atoms with Crippen LogP contribution in [0.3, 0.4) is 0 Å². The first-order chi connectivity index (χ1) is 9.22. The summed E-state index contributed by atoms with van der Waals surface area (Å²) in [5, 5.41) is 14.5. The zero-order valence-electron chi connectivity index (χ0n) is 9.57. The van der Waals surface area contributed by atoms with Crippen molar-refractivity contribution in [1.82, 2.24) is 9.97 Å². The molecule has 3 aromatic rings. The van der Waals surface area contributed by atoms with Gasteiger partial charge in [0.25, 0.3) is 0 Å². The van der Waals surface area contributed by atoms with Gasteiger partial charge in [-0.3, -0.25) is 4.79 Å². The molecule has 96 valence electrons. The highest BCUT2D eigenvalue weighted by atomic mass is 32.1. The van der Waals surface area contributed by atoms with Crippen molar-refractivity contribution in [2.24, 2.45) is 0 Å². The van der Waals surface area contributed by atoms with E-state index in [4.69, 9.17) is 5.11 Å². The third-order valence-corrected chi connectivity index (χ3v) is 5.22. The predicted molar refractivity (Wildman–Crippen MR) is 77.9 cm³/mol. The van der Waals surface area contributed by atoms with Gasteiger partial charge in [0.1, 0.15) is 0 Å². The number of thiazole rings is 2. The van der Waals surface area contributed by atoms with Crippen molar-refractivity contribution in [3.63, 3.8) is 0 Å². The molecule has 0 saturated heterocycles. The molecule has 3 rings (SSSR count). The Bertz CT molecular complexity index is 700. The van der Waals surface area contributed by atoms with Gasteiger partial charge >= 0.3 is 5.97 Å². The Hall–Kier alpha value is -1.57. The lowest BCUT2D eigenvalue weighted by Gasteiger charge is -1.90. The molecule has 0 aliphatic rings. The molecule has 0 unspecified atom stereocenters. The molecule has 19 heavy (non-hydrogen) atoms. The van der Waals surface area contributed by atoms with Crippen LogP contribution in [0.5, 0.6) is 0 Å². The molecule has 0 aromatic carbocycles. The SMILES string of the molecule is O=C(O)Cc1ccc(-c2csc(-c3nccs3)n2)s1. The molecule has 3 aromatic heterocycles. The summed E-state index contributed by atoms with van der Waals surface area (Å²) in [6.07, 6.45) is 1.82. The van der Waals surface area contributed by atoms with Gasteiger partial charge in [-0.05, 0) is 12.1 Å². The molecular weight excluding hydrogens is 300 g/mol. The second-order valence-corrected chi connectivity index (χ2v) is 6.63. The van der Waals surface area contributed by atoms with Gasteiger partial charge in [0.2, 0.25) is 0 Å². The molecule has 7 heteroatoms. The number of carbonyl (C=O) groups is 1. The van der Waals surface area contributed by atoms with Gasteiger partial charge in [-0.2, -0.15) is 0 Å². The molecule has 0 fully saturated rings. The molecular formula is C12H8N2O2S3. The third-order valence-electron chi connectivity index (χ3n) is 2.36. The van der Waals surface area contributed by atoms with E-state index in [1.54, 1.807) is 28.9 Å². The summed E-state index contributed by atoms with van der Waals surface area (Å²) in [4.78, 5) is 21.3. The maximum absolute atomic E-state index is 10.7. The Morgan fingerprint density at radius 3 is 2.89 bits per heavy atom. The number of aromatic nitrogens is 2. The van der Waals surface area contributed by atoms with Crippen molar-refractivity contribution < 1.29 is 9.90 Å². The third kappa shape index (κ3) is 2.73. The number of hydrogen-bond acceptors (Lipinski definition) is 6. The zero-order valence-corrected chi connectivity index (χ0v) is 12.0. The fraction of sp³-hybridized carbons (Fsp3) is 0.0833. The first kappa shape index (κ1) is 12.5. The Morgan fingerprint density at radius 1 is 1.26 bits per heavy atom. The Labute approximate surface area is 121 Å². The number of rotatable bonds is 4. The minimum atomic E-state index is -0.810. The second-order valence-electron chi connectivity index (χ2n) is 3.71. The van der Waals surface area contributed by atoms with Crippen LogP contribution < -0.4 is 0 Å². The van der Waals surface area contributed by atoms with Crippen LogP contribution in [0.1, 0.15) is 4.88 Å². The molecule has 0 aliphatic heterocycles. The summed E-state index contributed by atoms with van der Waals surface area (Å²) in [6.45, 7) is 0. The van der Waals surface area contributed by atoms with Crippen LogP contribution in [0.2, 0.25) is 0 Å². The summed E-state index contributed by atoms with van der Waals surface area (Å²) in [6, 6.07) is 3.76. The molecule has 4 nitrogen and oxygen atoms in total. The summed E-state index contributed by atoms with van der Waals surface area (Å²) in [5.41, 5.74) is 0.886. The van der Waals surface area contributed by atoms with Crippen LogP contribution in [-0.2, 0) is 11.2 Å². The quantitative estimate of drug-likeness (QED) is 0.799. The monoisotopic (exact) mass is 308 g/mol. The molecule has 0 atom stereocenters. The van der Waals surface area contributed by atoms with Gasteiger partial charge in [-0.15, -0.1) is 34.0 Å². The number of nitrogens with zero attached hydrogens (tertiary/aromatic N) is 2. The van der Waals surface area contributed by atoms with Crippen LogP contribution in [0, 0.1) is 0 Å². The highest BCUT2D eigenvalue weighted by Crippen LogP contribution is 2.33. The lowest BCUT2D eigenvalue weighted by Crippen LogP contribution is -1.96. The van der Waals surface area contributed by atoms with Gasteiger partial charge in [0.05, 0.1) is 17.0 Å². The van der Waals surface area contributed by atoms with Gasteiger partial charge in [0, 0.05) is 21.8 Å². The molecule has 0 aliphatic carbocycles. The van der Waals surface area contributed by atoms with Crippen LogP contribution >= 0.6 is 34.0 Å². The molecule has 1 N–H and O–H groups in total. The van der Waals surface area contributed by atoms with E-state index in [1.807, 2.05) is 22.9 Å². The topological polar surface area (TPSA) is 63.1 Å². The van der Waals surface area contributed by atoms with Crippen LogP contribution in [0.4, 0.5) is 0 Å². The van der Waals surface area contributed by atoms with Crippen LogP contribution in [-0.4, -0.2) is 21.0 Å². The lowest BCUT2D eigenvalue weighted by molar-refractivity contribution is -0.136. The zero-order chi connectivity index (χ0) is 13.2. The average Bonchev–Trinajstić information content (AvgIpc) is 3.09. The maximum Gasteiger partial charge on any atom is 0.308 e. The van der Waals surface area contributed by atoms with Crippen molar-refractivity contribution in [3.8, 4) is 20.6 Å². The van der Waals surface area contributed by atoms with E-state index in [1.165, 1.54) is 11.3 Å². The number of thiophene rings is 1. The number of carboxylic acid groups (broad SMARTS) is 1. The van der Waals surface area contributed by atoms with E-state index in [0.717, 1.165) is 25.5 Å². The Balaban J connectivity index is 1.86. The fourth-order valence-electron chi connectivity index (χ4n) is 1.57. The Morgan fingerprint density at radius 2 is 2.16 bits per heavy atom. The van der Waals surface area contributed by atoms with E-state index >= 15 is 0 Å². The Kier molecular flexibility index (Phi) is 3.41. The normalized spacial score (nSPS) is 10.7. The largest absolute Gasteiger partial charge is 0.481 e. The van der Waals surface area contributed by atoms with Gasteiger partial charge in [-0.25, -0.2) is 9.97 Å². The van der Waals surface area contributed by atoms with Crippen LogP contribution in [0.15, 0.2) is 29.1 Å². The maximum atomic E-state index is 10.7. The molecule has 0 spiro atoms. The highest BCUT2D eigenvalue weighted by molar-refractivity contribution is 7.20. The van der Waals surface area contributed by atoms with Crippen molar-refractivity contribution in [2.45, 2.75) is 6.42 Å². The second kappa shape index (κ2) is 5.20. The van der Waals surface area contributed by atoms with E-state index in [9.17, 15) is 4.79 Å². The first-order valence-corrected chi connectivity index (χ1v) is 7.96. The van der Waals surface area contributed by atoms with E-state index < -0.39 is 5.97 Å². The summed E-state index contributed by atoms with van der Waals surface area (Å²) >= 11 is 4.58. The van der Waals surface area contributed by atoms with E-state index in [0.29, 0.717) is 0 Å². The van der Waals surface area contributed by atoms with Crippen molar-refractivity contribution in [1.29, 1.82) is 0 Å². The highest BCUT2D eigenvalue weighted by Gasteiger charge is 2.11. The number of hydrogen-bond donors (Lipinski definition) is 1. The van der Waals surface area contributed by atoms with Gasteiger partial charge < -0.3 is 5.11 Å². The van der Waals surface area contributed by atoms with Crippen molar-refractivity contribution in [3.05, 3.63) is 34.0 Å². The molecule has 3 heterocycles. The summed E-state index contributed by atoms with van der Waals surface area (Å²) < 4.78 is 0. The average molecular weight is 308 g/mol. The van der Waals surface area contributed by atoms with Crippen molar-refractivity contribution in [2.75, 3.05) is 0 Å². The van der Waals surface area contributed by atoms with Gasteiger partial charge in [-0.1, -0.05) is 0 Å². The first-order valence-electron chi connectivity index (χ1n) is 5.38. The molecule has 0 bridgehead atoms. The lowest BCUT2D eigenvalue weighted by atomic mass is 10.3. The minimum absolute atomic E-state index is 0.0636. The van der Waals surface area contributed by atoms with E-state index in [-0.39, 0.29) is 6.42 Å².